The van der Waals surface area contributed by atoms with E-state index in [2.05, 4.69) is 15.9 Å². The number of carbonyl (C=O) groups excluding carboxylic acids is 3. The minimum absolute atomic E-state index is 0.119. The van der Waals surface area contributed by atoms with Crippen molar-refractivity contribution >= 4 is 74.1 Å². The molecule has 178 valence electrons. The van der Waals surface area contributed by atoms with E-state index in [1.165, 1.54) is 0 Å². The van der Waals surface area contributed by atoms with E-state index in [9.17, 15) is 14.4 Å². The smallest absolute Gasteiger partial charge is 0.343 e. The van der Waals surface area contributed by atoms with Crippen molar-refractivity contribution in [3.8, 4) is 11.5 Å². The molecule has 1 saturated heterocycles. The van der Waals surface area contributed by atoms with Gasteiger partial charge >= 0.3 is 5.97 Å². The molecule has 0 atom stereocenters. The second-order valence-corrected chi connectivity index (χ2v) is 9.94. The maximum Gasteiger partial charge on any atom is 0.343 e. The van der Waals surface area contributed by atoms with Crippen LogP contribution in [0.2, 0.25) is 10.0 Å². The molecule has 3 aromatic rings. The Morgan fingerprint density at radius 3 is 2.29 bits per heavy atom. The molecule has 0 bridgehead atoms. The first-order chi connectivity index (χ1) is 16.8. The van der Waals surface area contributed by atoms with Crippen LogP contribution in [0.25, 0.3) is 6.08 Å². The van der Waals surface area contributed by atoms with Crippen molar-refractivity contribution in [3.63, 3.8) is 0 Å². The highest BCUT2D eigenvalue weighted by Gasteiger charge is 2.34. The van der Waals surface area contributed by atoms with Crippen LogP contribution in [0.1, 0.15) is 15.9 Å². The normalized spacial score (nSPS) is 14.5. The van der Waals surface area contributed by atoms with Crippen molar-refractivity contribution in [2.75, 3.05) is 13.2 Å². The summed E-state index contributed by atoms with van der Waals surface area (Å²) in [5.41, 5.74) is 1.02. The number of carbonyl (C=O) groups is 3. The van der Waals surface area contributed by atoms with E-state index >= 15 is 0 Å². The largest absolute Gasteiger partial charge is 0.492 e. The number of benzene rings is 3. The van der Waals surface area contributed by atoms with Crippen molar-refractivity contribution < 1.29 is 23.9 Å². The number of hydrogen-bond donors (Lipinski definition) is 0. The van der Waals surface area contributed by atoms with Crippen molar-refractivity contribution in [1.82, 2.24) is 4.90 Å². The van der Waals surface area contributed by atoms with Gasteiger partial charge in [-0.25, -0.2) is 4.79 Å². The number of nitrogens with zero attached hydrogens (tertiary/aromatic N) is 1. The van der Waals surface area contributed by atoms with Crippen LogP contribution in [0, 0.1) is 0 Å². The van der Waals surface area contributed by atoms with Gasteiger partial charge in [-0.15, -0.1) is 0 Å². The lowest BCUT2D eigenvalue weighted by atomic mass is 10.2. The third-order valence-electron chi connectivity index (χ3n) is 4.81. The fraction of sp³-hybridized carbons (Fsp3) is 0.0800. The van der Waals surface area contributed by atoms with E-state index in [0.717, 1.165) is 16.7 Å². The SMILES string of the molecule is O=C(Oc1ccc(/C=C2\SC(=O)N(CCOc3ccc(Cl)cc3)C2=O)cc1Br)c1ccc(Cl)cc1. The fourth-order valence-electron chi connectivity index (χ4n) is 3.06. The van der Waals surface area contributed by atoms with Crippen LogP contribution in [-0.2, 0) is 4.79 Å². The molecule has 0 radical (unpaired) electrons. The summed E-state index contributed by atoms with van der Waals surface area (Å²) in [6, 6.07) is 18.2. The van der Waals surface area contributed by atoms with Gasteiger partial charge < -0.3 is 9.47 Å². The van der Waals surface area contributed by atoms with Gasteiger partial charge in [0.05, 0.1) is 21.5 Å². The Labute approximate surface area is 223 Å². The molecule has 0 saturated carbocycles. The lowest BCUT2D eigenvalue weighted by Gasteiger charge is -2.13. The topological polar surface area (TPSA) is 72.9 Å². The summed E-state index contributed by atoms with van der Waals surface area (Å²) < 4.78 is 11.5. The molecule has 35 heavy (non-hydrogen) atoms. The van der Waals surface area contributed by atoms with Gasteiger partial charge in [-0.3, -0.25) is 14.5 Å². The summed E-state index contributed by atoms with van der Waals surface area (Å²) in [6.07, 6.45) is 1.61. The fourth-order valence-corrected chi connectivity index (χ4v) is 4.66. The molecule has 1 aliphatic rings. The molecular weight excluding hydrogens is 577 g/mol. The summed E-state index contributed by atoms with van der Waals surface area (Å²) in [7, 11) is 0. The lowest BCUT2D eigenvalue weighted by molar-refractivity contribution is -0.123. The first-order valence-electron chi connectivity index (χ1n) is 10.2. The number of halogens is 3. The number of rotatable bonds is 7. The van der Waals surface area contributed by atoms with Crippen LogP contribution in [0.3, 0.4) is 0 Å². The summed E-state index contributed by atoms with van der Waals surface area (Å²) >= 11 is 15.9. The van der Waals surface area contributed by atoms with E-state index in [0.29, 0.717) is 42.0 Å². The average Bonchev–Trinajstić information content (AvgIpc) is 3.09. The molecule has 0 aromatic heterocycles. The predicted octanol–water partition coefficient (Wildman–Crippen LogP) is 7.09. The molecule has 0 unspecified atom stereocenters. The van der Waals surface area contributed by atoms with Crippen LogP contribution in [0.15, 0.2) is 76.1 Å². The highest BCUT2D eigenvalue weighted by atomic mass is 79.9. The van der Waals surface area contributed by atoms with Gasteiger partial charge in [0.15, 0.2) is 0 Å². The van der Waals surface area contributed by atoms with E-state index < -0.39 is 11.9 Å². The Kier molecular flexibility index (Phi) is 8.18. The molecule has 2 amide bonds. The van der Waals surface area contributed by atoms with Crippen LogP contribution in [-0.4, -0.2) is 35.2 Å². The molecule has 0 N–H and O–H groups in total. The summed E-state index contributed by atoms with van der Waals surface area (Å²) in [5.74, 6) is -0.0145. The van der Waals surface area contributed by atoms with E-state index in [4.69, 9.17) is 32.7 Å². The summed E-state index contributed by atoms with van der Waals surface area (Å²) in [4.78, 5) is 38.9. The lowest BCUT2D eigenvalue weighted by Crippen LogP contribution is -2.32. The second-order valence-electron chi connectivity index (χ2n) is 7.22. The Bertz CT molecular complexity index is 1310. The van der Waals surface area contributed by atoms with Crippen LogP contribution >= 0.6 is 50.9 Å². The number of ether oxygens (including phenoxy) is 2. The molecule has 10 heteroatoms. The predicted molar refractivity (Wildman–Crippen MR) is 140 cm³/mol. The standard InChI is InChI=1S/C25H16BrCl2NO5S/c26-20-13-15(1-10-21(20)34-24(31)16-2-4-17(27)5-3-16)14-22-23(30)29(25(32)35-22)11-12-33-19-8-6-18(28)7-9-19/h1-10,13-14H,11-12H2/b22-14-. The van der Waals surface area contributed by atoms with Crippen LogP contribution < -0.4 is 9.47 Å². The molecule has 6 nitrogen and oxygen atoms in total. The van der Waals surface area contributed by atoms with Crippen molar-refractivity contribution in [1.29, 1.82) is 0 Å². The molecule has 1 aliphatic heterocycles. The number of esters is 1. The van der Waals surface area contributed by atoms with E-state index in [1.807, 2.05) is 0 Å². The van der Waals surface area contributed by atoms with Crippen molar-refractivity contribution in [3.05, 3.63) is 97.3 Å². The van der Waals surface area contributed by atoms with Crippen molar-refractivity contribution in [2.45, 2.75) is 0 Å². The average molecular weight is 593 g/mol. The molecule has 0 spiro atoms. The zero-order valence-corrected chi connectivity index (χ0v) is 21.8. The highest BCUT2D eigenvalue weighted by Crippen LogP contribution is 2.34. The maximum absolute atomic E-state index is 12.7. The zero-order chi connectivity index (χ0) is 24.9. The zero-order valence-electron chi connectivity index (χ0n) is 17.9. The molecule has 0 aliphatic carbocycles. The Morgan fingerprint density at radius 1 is 0.971 bits per heavy atom. The maximum atomic E-state index is 12.7. The van der Waals surface area contributed by atoms with Crippen molar-refractivity contribution in [2.24, 2.45) is 0 Å². The minimum Gasteiger partial charge on any atom is -0.492 e. The molecule has 3 aromatic carbocycles. The number of hydrogen-bond acceptors (Lipinski definition) is 6. The number of imide groups is 1. The minimum atomic E-state index is -0.531. The van der Waals surface area contributed by atoms with Crippen LogP contribution in [0.5, 0.6) is 11.5 Å². The quantitative estimate of drug-likeness (QED) is 0.166. The Balaban J connectivity index is 1.38. The number of amides is 2. The van der Waals surface area contributed by atoms with E-state index in [-0.39, 0.29) is 18.4 Å². The Morgan fingerprint density at radius 2 is 1.63 bits per heavy atom. The monoisotopic (exact) mass is 591 g/mol. The second kappa shape index (κ2) is 11.3. The number of thioether (sulfide) groups is 1. The van der Waals surface area contributed by atoms with Gasteiger partial charge in [-0.1, -0.05) is 29.3 Å². The molecule has 1 heterocycles. The Hall–Kier alpha value is -2.78. The van der Waals surface area contributed by atoms with E-state index in [1.54, 1.807) is 72.8 Å². The molecular formula is C25H16BrCl2NO5S. The van der Waals surface area contributed by atoms with Crippen LogP contribution in [0.4, 0.5) is 4.79 Å². The summed E-state index contributed by atoms with van der Waals surface area (Å²) in [5, 5.41) is 0.743. The third kappa shape index (κ3) is 6.46. The third-order valence-corrected chi connectivity index (χ3v) is 6.84. The summed E-state index contributed by atoms with van der Waals surface area (Å²) in [6.45, 7) is 0.278. The molecule has 1 fully saturated rings. The van der Waals surface area contributed by atoms with Gasteiger partial charge in [0.25, 0.3) is 11.1 Å². The van der Waals surface area contributed by atoms with Gasteiger partial charge in [0.1, 0.15) is 18.1 Å². The first-order valence-corrected chi connectivity index (χ1v) is 12.6. The highest BCUT2D eigenvalue weighted by molar-refractivity contribution is 9.10. The van der Waals surface area contributed by atoms with Gasteiger partial charge in [-0.05, 0) is 100.0 Å². The van der Waals surface area contributed by atoms with Gasteiger partial charge in [0.2, 0.25) is 0 Å². The van der Waals surface area contributed by atoms with Gasteiger partial charge in [0, 0.05) is 10.0 Å². The van der Waals surface area contributed by atoms with Gasteiger partial charge in [-0.2, -0.15) is 0 Å². The first kappa shape index (κ1) is 25.3. The molecule has 4 rings (SSSR count).